The first-order chi connectivity index (χ1) is 10.9. The van der Waals surface area contributed by atoms with Crippen LogP contribution in [0.5, 0.6) is 0 Å². The molecule has 2 heterocycles. The van der Waals surface area contributed by atoms with E-state index in [1.165, 1.54) is 25.7 Å². The minimum absolute atomic E-state index is 0.0532. The third-order valence-electron chi connectivity index (χ3n) is 7.46. The lowest BCUT2D eigenvalue weighted by Gasteiger charge is -2.53. The topological polar surface area (TPSA) is 24.9 Å². The molecule has 0 aromatic heterocycles. The van der Waals surface area contributed by atoms with Crippen molar-refractivity contribution in [1.29, 1.82) is 0 Å². The van der Waals surface area contributed by atoms with Gasteiger partial charge in [0.1, 0.15) is 0 Å². The predicted molar refractivity (Wildman–Crippen MR) is 99.5 cm³/mol. The van der Waals surface area contributed by atoms with Gasteiger partial charge in [-0.15, -0.1) is 0 Å². The number of hydroxylamine groups is 4. The Bertz CT molecular complexity index is 389. The quantitative estimate of drug-likeness (QED) is 0.680. The summed E-state index contributed by atoms with van der Waals surface area (Å²) < 4.78 is 0. The summed E-state index contributed by atoms with van der Waals surface area (Å²) in [5.74, 6) is 0. The average molecular weight is 341 g/mol. The van der Waals surface area contributed by atoms with E-state index in [2.05, 4.69) is 65.5 Å². The second-order valence-electron chi connectivity index (χ2n) is 9.96. The van der Waals surface area contributed by atoms with Crippen LogP contribution in [0.15, 0.2) is 0 Å². The van der Waals surface area contributed by atoms with Crippen molar-refractivity contribution in [2.75, 3.05) is 26.3 Å². The van der Waals surface area contributed by atoms with Crippen molar-refractivity contribution < 1.29 is 9.68 Å². The monoisotopic (exact) mass is 340 g/mol. The van der Waals surface area contributed by atoms with Gasteiger partial charge >= 0.3 is 0 Å². The molecule has 0 atom stereocenters. The van der Waals surface area contributed by atoms with Gasteiger partial charge in [0.15, 0.2) is 0 Å². The van der Waals surface area contributed by atoms with E-state index in [1.54, 1.807) is 0 Å². The Morgan fingerprint density at radius 3 is 1.29 bits per heavy atom. The second kappa shape index (κ2) is 6.86. The number of hydrogen-bond donors (Lipinski definition) is 0. The highest BCUT2D eigenvalue weighted by Crippen LogP contribution is 2.44. The fraction of sp³-hybridized carbons (Fsp3) is 1.00. The van der Waals surface area contributed by atoms with Crippen molar-refractivity contribution in [3.63, 3.8) is 0 Å². The van der Waals surface area contributed by atoms with Gasteiger partial charge in [-0.1, -0.05) is 27.7 Å². The van der Waals surface area contributed by atoms with E-state index in [0.29, 0.717) is 13.2 Å². The van der Waals surface area contributed by atoms with Crippen molar-refractivity contribution in [2.24, 2.45) is 10.8 Å². The third kappa shape index (κ3) is 3.67. The molecule has 0 bridgehead atoms. The molecular formula is C20H40N2O2. The molecule has 0 N–H and O–H groups in total. The number of hydrogen-bond acceptors (Lipinski definition) is 4. The van der Waals surface area contributed by atoms with Crippen molar-refractivity contribution in [1.82, 2.24) is 10.1 Å². The summed E-state index contributed by atoms with van der Waals surface area (Å²) in [6, 6.07) is 0. The summed E-state index contributed by atoms with van der Waals surface area (Å²) in [7, 11) is 0. The lowest BCUT2D eigenvalue weighted by Crippen LogP contribution is -2.58. The second-order valence-corrected chi connectivity index (χ2v) is 9.96. The summed E-state index contributed by atoms with van der Waals surface area (Å²) in [6.07, 6.45) is 4.91. The molecule has 2 aliphatic heterocycles. The van der Waals surface area contributed by atoms with Gasteiger partial charge in [0.2, 0.25) is 0 Å². The molecule has 142 valence electrons. The number of nitrogens with zero attached hydrogens (tertiary/aromatic N) is 2. The highest BCUT2D eigenvalue weighted by molar-refractivity contribution is 4.96. The van der Waals surface area contributed by atoms with Gasteiger partial charge in [0.05, 0.1) is 13.2 Å². The summed E-state index contributed by atoms with van der Waals surface area (Å²) in [6.45, 7) is 21.8. The Hall–Kier alpha value is -0.160. The molecule has 2 aliphatic rings. The lowest BCUT2D eigenvalue weighted by atomic mass is 9.69. The van der Waals surface area contributed by atoms with Crippen LogP contribution in [-0.2, 0) is 9.68 Å². The van der Waals surface area contributed by atoms with Crippen molar-refractivity contribution >= 4 is 0 Å². The van der Waals surface area contributed by atoms with Gasteiger partial charge in [-0.05, 0) is 64.2 Å². The molecule has 0 radical (unpaired) electrons. The Kier molecular flexibility index (Phi) is 5.76. The molecule has 0 spiro atoms. The zero-order valence-corrected chi connectivity index (χ0v) is 17.4. The molecule has 0 aliphatic carbocycles. The highest BCUT2D eigenvalue weighted by Gasteiger charge is 2.46. The van der Waals surface area contributed by atoms with Crippen LogP contribution in [0.25, 0.3) is 0 Å². The predicted octanol–water partition coefficient (Wildman–Crippen LogP) is 4.65. The Balaban J connectivity index is 1.83. The van der Waals surface area contributed by atoms with E-state index in [4.69, 9.17) is 9.68 Å². The maximum atomic E-state index is 6.13. The Labute approximate surface area is 149 Å². The first-order valence-corrected chi connectivity index (χ1v) is 9.73. The van der Waals surface area contributed by atoms with Crippen molar-refractivity contribution in [3.05, 3.63) is 0 Å². The summed E-state index contributed by atoms with van der Waals surface area (Å²) in [5.41, 5.74) is 0.644. The maximum Gasteiger partial charge on any atom is 0.0939 e. The van der Waals surface area contributed by atoms with Gasteiger partial charge in [0, 0.05) is 24.2 Å². The minimum atomic E-state index is 0.0532. The first-order valence-electron chi connectivity index (χ1n) is 9.73. The summed E-state index contributed by atoms with van der Waals surface area (Å²) in [5, 5.41) is 4.37. The molecule has 0 unspecified atom stereocenters. The molecule has 4 heteroatoms. The highest BCUT2D eigenvalue weighted by atomic mass is 16.7. The molecule has 2 saturated heterocycles. The summed E-state index contributed by atoms with van der Waals surface area (Å²) in [4.78, 5) is 12.3. The maximum absolute atomic E-state index is 6.13. The molecular weight excluding hydrogens is 300 g/mol. The fourth-order valence-electron chi connectivity index (χ4n) is 3.92. The van der Waals surface area contributed by atoms with E-state index in [0.717, 1.165) is 13.1 Å². The van der Waals surface area contributed by atoms with E-state index in [9.17, 15) is 0 Å². The van der Waals surface area contributed by atoms with Gasteiger partial charge in [-0.2, -0.15) is 10.1 Å². The first kappa shape index (κ1) is 20.2. The minimum Gasteiger partial charge on any atom is -0.296 e. The van der Waals surface area contributed by atoms with Crippen LogP contribution in [0.4, 0.5) is 0 Å². The number of piperidine rings is 2. The van der Waals surface area contributed by atoms with Crippen LogP contribution in [0, 0.1) is 10.8 Å². The largest absolute Gasteiger partial charge is 0.296 e. The Morgan fingerprint density at radius 1 is 0.625 bits per heavy atom. The van der Waals surface area contributed by atoms with Crippen LogP contribution in [0.1, 0.15) is 81.1 Å². The van der Waals surface area contributed by atoms with E-state index < -0.39 is 0 Å². The van der Waals surface area contributed by atoms with Gasteiger partial charge < -0.3 is 0 Å². The van der Waals surface area contributed by atoms with E-state index in [1.807, 2.05) is 0 Å². The molecule has 2 fully saturated rings. The smallest absolute Gasteiger partial charge is 0.0939 e. The zero-order chi connectivity index (χ0) is 18.2. The van der Waals surface area contributed by atoms with E-state index >= 15 is 0 Å². The van der Waals surface area contributed by atoms with Crippen LogP contribution in [0.3, 0.4) is 0 Å². The van der Waals surface area contributed by atoms with Crippen LogP contribution in [-0.4, -0.2) is 47.5 Å². The van der Waals surface area contributed by atoms with Gasteiger partial charge in [-0.3, -0.25) is 9.68 Å². The molecule has 0 aromatic carbocycles. The Morgan fingerprint density at radius 2 is 0.958 bits per heavy atom. The SMILES string of the molecule is CC1(C)CCCN(OCCON2CCCC(C)(C)C2(C)C)C1(C)C. The average Bonchev–Trinajstić information content (AvgIpc) is 2.44. The van der Waals surface area contributed by atoms with Crippen LogP contribution < -0.4 is 0 Å². The number of rotatable bonds is 5. The van der Waals surface area contributed by atoms with Crippen molar-refractivity contribution in [2.45, 2.75) is 92.2 Å². The molecule has 0 aromatic rings. The van der Waals surface area contributed by atoms with Gasteiger partial charge in [0.25, 0.3) is 0 Å². The zero-order valence-electron chi connectivity index (χ0n) is 17.4. The molecule has 0 saturated carbocycles. The molecule has 0 amide bonds. The molecule has 24 heavy (non-hydrogen) atoms. The standard InChI is InChI=1S/C20H40N2O2/c1-17(2)11-9-13-21(19(17,5)6)23-15-16-24-22-14-10-12-18(3,4)20(22,7)8/h9-16H2,1-8H3. The molecule has 4 nitrogen and oxygen atoms in total. The lowest BCUT2D eigenvalue weighted by molar-refractivity contribution is -0.295. The van der Waals surface area contributed by atoms with Gasteiger partial charge in [-0.25, -0.2) is 0 Å². The normalized spacial score (nSPS) is 29.5. The van der Waals surface area contributed by atoms with Crippen molar-refractivity contribution in [3.8, 4) is 0 Å². The molecule has 2 rings (SSSR count). The van der Waals surface area contributed by atoms with Crippen LogP contribution >= 0.6 is 0 Å². The van der Waals surface area contributed by atoms with Crippen LogP contribution in [0.2, 0.25) is 0 Å². The summed E-state index contributed by atoms with van der Waals surface area (Å²) >= 11 is 0. The fourth-order valence-corrected chi connectivity index (χ4v) is 3.92. The van der Waals surface area contributed by atoms with E-state index in [-0.39, 0.29) is 21.9 Å². The third-order valence-corrected chi connectivity index (χ3v) is 7.46.